The maximum atomic E-state index is 11.9. The van der Waals surface area contributed by atoms with E-state index in [0.29, 0.717) is 12.5 Å². The number of hydrogen-bond donors (Lipinski definition) is 1. The molecule has 0 aromatic rings. The van der Waals surface area contributed by atoms with Gasteiger partial charge < -0.3 is 15.0 Å². The Bertz CT molecular complexity index is 232. The first kappa shape index (κ1) is 13.7. The lowest BCUT2D eigenvalue weighted by Crippen LogP contribution is -2.35. The highest BCUT2D eigenvalue weighted by molar-refractivity contribution is 5.85. The number of halogens is 1. The number of likely N-dealkylation sites (tertiary alicyclic amines) is 1. The Kier molecular flexibility index (Phi) is 5.52. The van der Waals surface area contributed by atoms with Crippen molar-refractivity contribution in [3.05, 3.63) is 0 Å². The van der Waals surface area contributed by atoms with Crippen LogP contribution in [0.3, 0.4) is 0 Å². The van der Waals surface area contributed by atoms with Crippen LogP contribution in [0.4, 0.5) is 0 Å². The molecule has 2 aliphatic rings. The molecule has 0 radical (unpaired) electrons. The van der Waals surface area contributed by atoms with Gasteiger partial charge in [0, 0.05) is 32.7 Å². The van der Waals surface area contributed by atoms with Gasteiger partial charge in [0.15, 0.2) is 0 Å². The molecule has 1 amide bonds. The van der Waals surface area contributed by atoms with Crippen LogP contribution in [0.2, 0.25) is 0 Å². The number of rotatable bonds is 3. The van der Waals surface area contributed by atoms with Crippen molar-refractivity contribution in [3.8, 4) is 0 Å². The van der Waals surface area contributed by atoms with Gasteiger partial charge in [-0.25, -0.2) is 0 Å². The van der Waals surface area contributed by atoms with E-state index >= 15 is 0 Å². The topological polar surface area (TPSA) is 41.6 Å². The summed E-state index contributed by atoms with van der Waals surface area (Å²) >= 11 is 0. The van der Waals surface area contributed by atoms with Crippen molar-refractivity contribution in [1.29, 1.82) is 0 Å². The smallest absolute Gasteiger partial charge is 0.224 e. The minimum atomic E-state index is 0. The maximum absolute atomic E-state index is 11.9. The van der Waals surface area contributed by atoms with E-state index in [1.165, 1.54) is 6.42 Å². The molecule has 0 saturated carbocycles. The number of carbonyl (C=O) groups is 1. The van der Waals surface area contributed by atoms with Crippen LogP contribution in [-0.4, -0.2) is 49.7 Å². The largest absolute Gasteiger partial charge is 0.380 e. The van der Waals surface area contributed by atoms with Gasteiger partial charge in [-0.05, 0) is 25.8 Å². The zero-order valence-corrected chi connectivity index (χ0v) is 10.6. The number of nitrogens with zero attached hydrogens (tertiary/aromatic N) is 1. The maximum Gasteiger partial charge on any atom is 0.224 e. The van der Waals surface area contributed by atoms with Crippen LogP contribution in [-0.2, 0) is 9.53 Å². The average molecular weight is 249 g/mol. The normalized spacial score (nSPS) is 29.2. The number of nitrogens with one attached hydrogen (secondary N) is 1. The van der Waals surface area contributed by atoms with E-state index in [2.05, 4.69) is 5.32 Å². The van der Waals surface area contributed by atoms with E-state index < -0.39 is 0 Å². The highest BCUT2D eigenvalue weighted by Crippen LogP contribution is 2.16. The number of hydrogen-bond acceptors (Lipinski definition) is 3. The molecule has 0 aliphatic carbocycles. The highest BCUT2D eigenvalue weighted by atomic mass is 35.5. The van der Waals surface area contributed by atoms with Crippen LogP contribution in [0.25, 0.3) is 0 Å². The lowest BCUT2D eigenvalue weighted by Gasteiger charge is -2.18. The SMILES string of the molecule is CO[C@@H]1CCN(C(=O)CC2CCCN2)C1.Cl. The molecule has 2 aliphatic heterocycles. The van der Waals surface area contributed by atoms with Crippen molar-refractivity contribution in [3.63, 3.8) is 0 Å². The quantitative estimate of drug-likeness (QED) is 0.803. The first-order valence-electron chi connectivity index (χ1n) is 5.83. The summed E-state index contributed by atoms with van der Waals surface area (Å²) < 4.78 is 5.25. The lowest BCUT2D eigenvalue weighted by atomic mass is 10.1. The highest BCUT2D eigenvalue weighted by Gasteiger charge is 2.28. The number of methoxy groups -OCH3 is 1. The van der Waals surface area contributed by atoms with Gasteiger partial charge in [0.25, 0.3) is 0 Å². The number of amides is 1. The van der Waals surface area contributed by atoms with Gasteiger partial charge in [-0.2, -0.15) is 0 Å². The van der Waals surface area contributed by atoms with Crippen molar-refractivity contribution in [2.45, 2.75) is 37.8 Å². The first-order chi connectivity index (χ1) is 7.29. The molecule has 0 aromatic heterocycles. The van der Waals surface area contributed by atoms with Crippen molar-refractivity contribution >= 4 is 18.3 Å². The summed E-state index contributed by atoms with van der Waals surface area (Å²) in [7, 11) is 1.72. The molecule has 2 fully saturated rings. The van der Waals surface area contributed by atoms with Gasteiger partial charge in [-0.3, -0.25) is 4.79 Å². The average Bonchev–Trinajstić information content (AvgIpc) is 2.86. The third-order valence-electron chi connectivity index (χ3n) is 3.41. The second-order valence-corrected chi connectivity index (χ2v) is 4.48. The fourth-order valence-corrected chi connectivity index (χ4v) is 2.42. The van der Waals surface area contributed by atoms with Crippen molar-refractivity contribution in [1.82, 2.24) is 10.2 Å². The minimum absolute atomic E-state index is 0. The molecule has 4 nitrogen and oxygen atoms in total. The second kappa shape index (κ2) is 6.42. The summed E-state index contributed by atoms with van der Waals surface area (Å²) in [5, 5.41) is 3.36. The van der Waals surface area contributed by atoms with E-state index in [1.54, 1.807) is 7.11 Å². The van der Waals surface area contributed by atoms with Crippen molar-refractivity contribution < 1.29 is 9.53 Å². The van der Waals surface area contributed by atoms with Crippen LogP contribution in [0.15, 0.2) is 0 Å². The number of carbonyl (C=O) groups excluding carboxylic acids is 1. The zero-order valence-electron chi connectivity index (χ0n) is 9.78. The molecule has 0 bridgehead atoms. The van der Waals surface area contributed by atoms with Gasteiger partial charge in [0.05, 0.1) is 6.10 Å². The number of ether oxygens (including phenoxy) is 1. The predicted molar refractivity (Wildman–Crippen MR) is 64.9 cm³/mol. The minimum Gasteiger partial charge on any atom is -0.380 e. The fraction of sp³-hybridized carbons (Fsp3) is 0.909. The molecule has 0 spiro atoms. The predicted octanol–water partition coefficient (Wildman–Crippen LogP) is 0.798. The summed E-state index contributed by atoms with van der Waals surface area (Å²) in [6, 6.07) is 0.416. The molecule has 5 heteroatoms. The Morgan fingerprint density at radius 1 is 1.50 bits per heavy atom. The second-order valence-electron chi connectivity index (χ2n) is 4.48. The molecule has 2 atom stereocenters. The molecule has 16 heavy (non-hydrogen) atoms. The molecule has 2 rings (SSSR count). The Morgan fingerprint density at radius 2 is 2.31 bits per heavy atom. The Balaban J connectivity index is 0.00000128. The van der Waals surface area contributed by atoms with Crippen molar-refractivity contribution in [2.24, 2.45) is 0 Å². The third-order valence-corrected chi connectivity index (χ3v) is 3.41. The van der Waals surface area contributed by atoms with Gasteiger partial charge in [-0.15, -0.1) is 12.4 Å². The first-order valence-corrected chi connectivity index (χ1v) is 5.83. The van der Waals surface area contributed by atoms with Crippen LogP contribution >= 0.6 is 12.4 Å². The molecule has 2 heterocycles. The summed E-state index contributed by atoms with van der Waals surface area (Å²) in [5.74, 6) is 0.286. The monoisotopic (exact) mass is 248 g/mol. The summed E-state index contributed by atoms with van der Waals surface area (Å²) in [5.41, 5.74) is 0. The molecule has 94 valence electrons. The zero-order chi connectivity index (χ0) is 10.7. The Labute approximate surface area is 103 Å². The lowest BCUT2D eigenvalue weighted by molar-refractivity contribution is -0.131. The molecule has 2 saturated heterocycles. The fourth-order valence-electron chi connectivity index (χ4n) is 2.42. The van der Waals surface area contributed by atoms with Crippen molar-refractivity contribution in [2.75, 3.05) is 26.7 Å². The standard InChI is InChI=1S/C11H20N2O2.ClH/c1-15-10-4-6-13(8-10)11(14)7-9-3-2-5-12-9;/h9-10,12H,2-8H2,1H3;1H/t9?,10-;/m1./s1. The molecular weight excluding hydrogens is 228 g/mol. The van der Waals surface area contributed by atoms with Gasteiger partial charge in [-0.1, -0.05) is 0 Å². The molecule has 1 unspecified atom stereocenters. The van der Waals surface area contributed by atoms with Crippen LogP contribution in [0, 0.1) is 0 Å². The molecule has 1 N–H and O–H groups in total. The van der Waals surface area contributed by atoms with Gasteiger partial charge >= 0.3 is 0 Å². The van der Waals surface area contributed by atoms with E-state index in [-0.39, 0.29) is 24.4 Å². The van der Waals surface area contributed by atoms with Crippen LogP contribution < -0.4 is 5.32 Å². The van der Waals surface area contributed by atoms with E-state index in [4.69, 9.17) is 4.74 Å². The molecule has 0 aromatic carbocycles. The molecular formula is C11H21ClN2O2. The summed E-state index contributed by atoms with van der Waals surface area (Å²) in [4.78, 5) is 13.8. The van der Waals surface area contributed by atoms with E-state index in [0.717, 1.165) is 32.5 Å². The van der Waals surface area contributed by atoms with Gasteiger partial charge in [0.2, 0.25) is 5.91 Å². The van der Waals surface area contributed by atoms with Crippen LogP contribution in [0.5, 0.6) is 0 Å². The Morgan fingerprint density at radius 3 is 2.88 bits per heavy atom. The summed E-state index contributed by atoms with van der Waals surface area (Å²) in [6.07, 6.45) is 4.26. The summed E-state index contributed by atoms with van der Waals surface area (Å²) in [6.45, 7) is 2.71. The van der Waals surface area contributed by atoms with Gasteiger partial charge in [0.1, 0.15) is 0 Å². The van der Waals surface area contributed by atoms with E-state index in [1.807, 2.05) is 4.90 Å². The van der Waals surface area contributed by atoms with E-state index in [9.17, 15) is 4.79 Å². The Hall–Kier alpha value is -0.320. The van der Waals surface area contributed by atoms with Crippen LogP contribution in [0.1, 0.15) is 25.7 Å². The third kappa shape index (κ3) is 3.34.